The molecule has 2 aromatic carbocycles. The van der Waals surface area contributed by atoms with E-state index >= 15 is 4.39 Å². The average molecular weight is 560 g/mol. The van der Waals surface area contributed by atoms with E-state index in [4.69, 9.17) is 16.1 Å². The molecule has 0 amide bonds. The zero-order chi connectivity index (χ0) is 28.5. The molecule has 5 heterocycles. The third-order valence-electron chi connectivity index (χ3n) is 8.91. The molecule has 2 aromatic heterocycles. The van der Waals surface area contributed by atoms with Crippen LogP contribution in [0.3, 0.4) is 0 Å². The second-order valence-corrected chi connectivity index (χ2v) is 11.4. The molecule has 10 heteroatoms. The van der Waals surface area contributed by atoms with Crippen molar-refractivity contribution in [2.75, 3.05) is 31.1 Å². The quantitative estimate of drug-likeness (QED) is 0.330. The first kappa shape index (κ1) is 25.8. The third-order valence-corrected chi connectivity index (χ3v) is 8.91. The maximum atomic E-state index is 16.5. The number of terminal acetylenes is 1. The second kappa shape index (κ2) is 9.48. The number of phenols is 1. The number of phenolic OH excluding ortho intramolecular Hbond substituents is 1. The lowest BCUT2D eigenvalue weighted by atomic mass is 9.95. The van der Waals surface area contributed by atoms with Crippen molar-refractivity contribution in [2.24, 2.45) is 0 Å². The van der Waals surface area contributed by atoms with Crippen molar-refractivity contribution in [2.45, 2.75) is 50.4 Å². The number of pyridine rings is 1. The third kappa shape index (κ3) is 4.05. The van der Waals surface area contributed by atoms with E-state index in [-0.39, 0.29) is 52.1 Å². The van der Waals surface area contributed by atoms with Gasteiger partial charge in [-0.25, -0.2) is 23.1 Å². The number of benzene rings is 2. The summed E-state index contributed by atoms with van der Waals surface area (Å²) in [6.07, 6.45) is 9.38. The first-order chi connectivity index (χ1) is 19.8. The Morgan fingerprint density at radius 2 is 2.07 bits per heavy atom. The fraction of sp³-hybridized carbons (Fsp3) is 0.387. The number of ether oxygens (including phenoxy) is 1. The van der Waals surface area contributed by atoms with Crippen molar-refractivity contribution in [3.8, 4) is 35.4 Å². The van der Waals surface area contributed by atoms with Crippen LogP contribution in [0.4, 0.5) is 19.0 Å². The molecule has 0 aliphatic carbocycles. The smallest absolute Gasteiger partial charge is 0.317 e. The number of aromatic nitrogens is 3. The van der Waals surface area contributed by atoms with Gasteiger partial charge in [-0.1, -0.05) is 12.0 Å². The highest BCUT2D eigenvalue weighted by molar-refractivity contribution is 6.03. The summed E-state index contributed by atoms with van der Waals surface area (Å²) in [6, 6.07) is 5.62. The second-order valence-electron chi connectivity index (χ2n) is 11.4. The summed E-state index contributed by atoms with van der Waals surface area (Å²) in [5, 5.41) is 11.6. The number of fused-ring (bicyclic) bond motifs is 3. The summed E-state index contributed by atoms with van der Waals surface area (Å²) in [5.41, 5.74) is -0.431. The Balaban J connectivity index is 1.39. The number of rotatable bonds is 5. The predicted octanol–water partition coefficient (Wildman–Crippen LogP) is 5.36. The van der Waals surface area contributed by atoms with Crippen molar-refractivity contribution in [3.05, 3.63) is 47.7 Å². The summed E-state index contributed by atoms with van der Waals surface area (Å²) >= 11 is 0. The van der Waals surface area contributed by atoms with Gasteiger partial charge in [-0.2, -0.15) is 4.98 Å². The van der Waals surface area contributed by atoms with Gasteiger partial charge in [-0.15, -0.1) is 6.42 Å². The van der Waals surface area contributed by atoms with Gasteiger partial charge >= 0.3 is 6.01 Å². The van der Waals surface area contributed by atoms with E-state index in [2.05, 4.69) is 20.8 Å². The van der Waals surface area contributed by atoms with E-state index in [1.165, 1.54) is 30.5 Å². The van der Waals surface area contributed by atoms with Crippen LogP contribution in [0.1, 0.15) is 38.2 Å². The molecule has 41 heavy (non-hydrogen) atoms. The molecule has 0 spiro atoms. The van der Waals surface area contributed by atoms with Crippen LogP contribution in [0.25, 0.3) is 32.9 Å². The van der Waals surface area contributed by atoms with Gasteiger partial charge in [0.2, 0.25) is 0 Å². The topological polar surface area (TPSA) is 74.6 Å². The van der Waals surface area contributed by atoms with E-state index in [0.717, 1.165) is 25.8 Å². The highest BCUT2D eigenvalue weighted by atomic mass is 19.1. The highest BCUT2D eigenvalue weighted by Crippen LogP contribution is 2.42. The molecule has 7 rings (SSSR count). The number of halogens is 3. The fourth-order valence-electron chi connectivity index (χ4n) is 6.72. The van der Waals surface area contributed by atoms with Crippen molar-refractivity contribution < 1.29 is 23.0 Å². The van der Waals surface area contributed by atoms with Crippen molar-refractivity contribution >= 4 is 27.5 Å². The maximum absolute atomic E-state index is 16.5. The molecule has 0 unspecified atom stereocenters. The van der Waals surface area contributed by atoms with E-state index in [1.54, 1.807) is 0 Å². The van der Waals surface area contributed by atoms with Gasteiger partial charge < -0.3 is 14.7 Å². The van der Waals surface area contributed by atoms with Gasteiger partial charge in [0, 0.05) is 42.7 Å². The molecule has 3 saturated heterocycles. The van der Waals surface area contributed by atoms with Gasteiger partial charge in [-0.05, 0) is 56.3 Å². The Hall–Kier alpha value is -4.10. The molecule has 1 N–H and O–H groups in total. The highest BCUT2D eigenvalue weighted by Gasteiger charge is 2.49. The largest absolute Gasteiger partial charge is 0.508 e. The van der Waals surface area contributed by atoms with Crippen LogP contribution >= 0.6 is 0 Å². The molecule has 3 fully saturated rings. The molecule has 7 nitrogen and oxygen atoms in total. The number of aromatic hydroxyl groups is 1. The minimum Gasteiger partial charge on any atom is -0.508 e. The Kier molecular flexibility index (Phi) is 5.98. The SMILES string of the molecule is C#Cc1c(F)ccc2cc(O)cc(-c3nc(N4CC[C@@H]4C)c4cnc(OC[C@@]56CCCN5C[C@H](F)C6)nc4c3F)c12. The van der Waals surface area contributed by atoms with Crippen LogP contribution in [-0.4, -0.2) is 69.0 Å². The lowest BCUT2D eigenvalue weighted by Crippen LogP contribution is -2.46. The Labute approximate surface area is 235 Å². The van der Waals surface area contributed by atoms with Crippen LogP contribution < -0.4 is 9.64 Å². The first-order valence-electron chi connectivity index (χ1n) is 13.8. The number of hydrogen-bond donors (Lipinski definition) is 1. The fourth-order valence-corrected chi connectivity index (χ4v) is 6.72. The van der Waals surface area contributed by atoms with Gasteiger partial charge in [0.1, 0.15) is 41.4 Å². The maximum Gasteiger partial charge on any atom is 0.317 e. The molecule has 210 valence electrons. The molecule has 0 saturated carbocycles. The summed E-state index contributed by atoms with van der Waals surface area (Å²) in [5.74, 6) is 1.31. The van der Waals surface area contributed by atoms with E-state index in [9.17, 15) is 13.9 Å². The molecule has 3 atom stereocenters. The summed E-state index contributed by atoms with van der Waals surface area (Å²) < 4.78 is 51.5. The summed E-state index contributed by atoms with van der Waals surface area (Å²) in [4.78, 5) is 17.7. The van der Waals surface area contributed by atoms with Crippen LogP contribution in [-0.2, 0) is 0 Å². The van der Waals surface area contributed by atoms with Crippen LogP contribution in [0.2, 0.25) is 0 Å². The normalized spacial score (nSPS) is 24.0. The van der Waals surface area contributed by atoms with Crippen molar-refractivity contribution in [1.82, 2.24) is 19.9 Å². The van der Waals surface area contributed by atoms with E-state index < -0.39 is 23.3 Å². The predicted molar refractivity (Wildman–Crippen MR) is 150 cm³/mol. The average Bonchev–Trinajstić information content (AvgIpc) is 3.48. The lowest BCUT2D eigenvalue weighted by molar-refractivity contribution is 0.107. The van der Waals surface area contributed by atoms with Gasteiger partial charge in [0.05, 0.1) is 16.5 Å². The zero-order valence-corrected chi connectivity index (χ0v) is 22.5. The molecule has 0 bridgehead atoms. The number of hydrogen-bond acceptors (Lipinski definition) is 7. The Morgan fingerprint density at radius 3 is 2.83 bits per heavy atom. The summed E-state index contributed by atoms with van der Waals surface area (Å²) in [7, 11) is 0. The van der Waals surface area contributed by atoms with Gasteiger partial charge in [0.15, 0.2) is 5.82 Å². The lowest BCUT2D eigenvalue weighted by Gasteiger charge is -2.40. The molecule has 4 aromatic rings. The molecular weight excluding hydrogens is 531 g/mol. The van der Waals surface area contributed by atoms with E-state index in [1.807, 2.05) is 11.8 Å². The van der Waals surface area contributed by atoms with E-state index in [0.29, 0.717) is 36.1 Å². The van der Waals surface area contributed by atoms with Crippen LogP contribution in [0, 0.1) is 24.0 Å². The molecular formula is C31H28F3N5O2. The van der Waals surface area contributed by atoms with Crippen molar-refractivity contribution in [1.29, 1.82) is 0 Å². The number of anilines is 1. The number of alkyl halides is 1. The summed E-state index contributed by atoms with van der Waals surface area (Å²) in [6.45, 7) is 4.17. The minimum atomic E-state index is -0.904. The Morgan fingerprint density at radius 1 is 1.22 bits per heavy atom. The zero-order valence-electron chi connectivity index (χ0n) is 22.5. The van der Waals surface area contributed by atoms with Gasteiger partial charge in [0.25, 0.3) is 0 Å². The molecule has 3 aliphatic heterocycles. The standard InChI is InChI=1S/C31H28F3N5O2/c1-3-21-24(33)6-5-18-11-20(40)12-22(25(18)21)27-26(34)28-23(29(36-27)39-10-7-17(39)2)14-35-30(37-28)41-16-31-8-4-9-38(31)15-19(32)13-31/h1,5-6,11-12,14,17,19,40H,4,7-10,13,15-16H2,2H3/t17-,19+,31-/m0/s1. The first-order valence-corrected chi connectivity index (χ1v) is 13.8. The Bertz CT molecular complexity index is 1760. The number of nitrogens with zero attached hydrogens (tertiary/aromatic N) is 5. The monoisotopic (exact) mass is 559 g/mol. The molecule has 0 radical (unpaired) electrons. The van der Waals surface area contributed by atoms with Crippen LogP contribution in [0.15, 0.2) is 30.5 Å². The minimum absolute atomic E-state index is 0.0141. The van der Waals surface area contributed by atoms with Gasteiger partial charge in [-0.3, -0.25) is 4.90 Å². The van der Waals surface area contributed by atoms with Crippen LogP contribution in [0.5, 0.6) is 11.8 Å². The van der Waals surface area contributed by atoms with Crippen molar-refractivity contribution in [3.63, 3.8) is 0 Å². The molecule has 3 aliphatic rings.